The molecule has 0 aliphatic carbocycles. The molecule has 214 valence electrons. The normalized spacial score (nSPS) is 17.0. The van der Waals surface area contributed by atoms with Crippen molar-refractivity contribution in [3.63, 3.8) is 0 Å². The number of hydrogen-bond acceptors (Lipinski definition) is 5. The molecule has 1 aliphatic heterocycles. The van der Waals surface area contributed by atoms with Crippen LogP contribution in [0.5, 0.6) is 5.75 Å². The Hall–Kier alpha value is -4.07. The Balaban J connectivity index is 1.59. The smallest absolute Gasteiger partial charge is 0.405 e. The minimum atomic E-state index is -4.88. The molecule has 0 aromatic heterocycles. The standard InChI is InChI=1S/C30H28ClF3N4O3/c1-19(39)36-17-29(40)38-12-11-27(25(18-38)21-5-3-2-4-6-21)37-16-23-14-22(8-10-28(23)41-30(32,33)34)24-9-7-20(15-35)13-26(24)31/h2-10,13-14,25,27,37H,11-12,16-18H2,1H3,(H,36,39). The van der Waals surface area contributed by atoms with Crippen LogP contribution in [0.15, 0.2) is 66.7 Å². The fourth-order valence-electron chi connectivity index (χ4n) is 4.94. The zero-order valence-electron chi connectivity index (χ0n) is 22.2. The van der Waals surface area contributed by atoms with Crippen molar-refractivity contribution in [2.45, 2.75) is 38.2 Å². The summed E-state index contributed by atoms with van der Waals surface area (Å²) in [5.41, 5.74) is 2.76. The van der Waals surface area contributed by atoms with Crippen LogP contribution in [0, 0.1) is 11.3 Å². The van der Waals surface area contributed by atoms with Gasteiger partial charge in [0.05, 0.1) is 18.2 Å². The molecular formula is C30H28ClF3N4O3. The van der Waals surface area contributed by atoms with Gasteiger partial charge in [0.25, 0.3) is 0 Å². The van der Waals surface area contributed by atoms with E-state index in [0.717, 1.165) is 5.56 Å². The van der Waals surface area contributed by atoms with Gasteiger partial charge in [0, 0.05) is 54.7 Å². The number of piperidine rings is 1. The number of rotatable bonds is 8. The Labute approximate surface area is 240 Å². The lowest BCUT2D eigenvalue weighted by molar-refractivity contribution is -0.274. The second kappa shape index (κ2) is 13.1. The third-order valence-electron chi connectivity index (χ3n) is 6.93. The summed E-state index contributed by atoms with van der Waals surface area (Å²) in [5, 5.41) is 15.4. The predicted octanol–water partition coefficient (Wildman–Crippen LogP) is 5.39. The Morgan fingerprint density at radius 3 is 2.54 bits per heavy atom. The van der Waals surface area contributed by atoms with Crippen molar-refractivity contribution in [3.05, 3.63) is 88.4 Å². The van der Waals surface area contributed by atoms with E-state index in [1.807, 2.05) is 36.4 Å². The molecule has 1 saturated heterocycles. The first kappa shape index (κ1) is 29.9. The molecule has 0 spiro atoms. The predicted molar refractivity (Wildman–Crippen MR) is 148 cm³/mol. The lowest BCUT2D eigenvalue weighted by Gasteiger charge is -2.39. The minimum absolute atomic E-state index is 0.0565. The Bertz CT molecular complexity index is 1440. The van der Waals surface area contributed by atoms with Gasteiger partial charge in [-0.1, -0.05) is 54.1 Å². The Kier molecular flexibility index (Phi) is 9.53. The molecular weight excluding hydrogens is 557 g/mol. The van der Waals surface area contributed by atoms with Crippen molar-refractivity contribution in [3.8, 4) is 22.9 Å². The van der Waals surface area contributed by atoms with Crippen molar-refractivity contribution in [2.24, 2.45) is 0 Å². The highest BCUT2D eigenvalue weighted by molar-refractivity contribution is 6.33. The van der Waals surface area contributed by atoms with Crippen LogP contribution in [0.1, 0.15) is 36.0 Å². The number of carbonyl (C=O) groups excluding carboxylic acids is 2. The van der Waals surface area contributed by atoms with Crippen molar-refractivity contribution >= 4 is 23.4 Å². The lowest BCUT2D eigenvalue weighted by Crippen LogP contribution is -2.51. The molecule has 0 saturated carbocycles. The highest BCUT2D eigenvalue weighted by Crippen LogP contribution is 2.35. The molecule has 0 radical (unpaired) electrons. The van der Waals surface area contributed by atoms with Crippen LogP contribution >= 0.6 is 11.6 Å². The summed E-state index contributed by atoms with van der Waals surface area (Å²) in [6.45, 7) is 2.11. The highest BCUT2D eigenvalue weighted by atomic mass is 35.5. The van der Waals surface area contributed by atoms with Crippen LogP contribution in [-0.2, 0) is 16.1 Å². The molecule has 1 aliphatic rings. The molecule has 7 nitrogen and oxygen atoms in total. The SMILES string of the molecule is CC(=O)NCC(=O)N1CCC(NCc2cc(-c3ccc(C#N)cc3Cl)ccc2OC(F)(F)F)C(c2ccccc2)C1. The number of hydrogen-bond donors (Lipinski definition) is 2. The first-order chi connectivity index (χ1) is 19.5. The van der Waals surface area contributed by atoms with Crippen molar-refractivity contribution in [1.82, 2.24) is 15.5 Å². The number of nitrogens with zero attached hydrogens (tertiary/aromatic N) is 2. The van der Waals surface area contributed by atoms with Crippen LogP contribution in [0.4, 0.5) is 13.2 Å². The van der Waals surface area contributed by atoms with Crippen LogP contribution < -0.4 is 15.4 Å². The number of amides is 2. The largest absolute Gasteiger partial charge is 0.573 e. The van der Waals surface area contributed by atoms with Gasteiger partial charge >= 0.3 is 6.36 Å². The summed E-state index contributed by atoms with van der Waals surface area (Å²) >= 11 is 6.37. The summed E-state index contributed by atoms with van der Waals surface area (Å²) in [5.74, 6) is -0.976. The second-order valence-corrected chi connectivity index (χ2v) is 10.1. The minimum Gasteiger partial charge on any atom is -0.405 e. The average molecular weight is 585 g/mol. The quantitative estimate of drug-likeness (QED) is 0.370. The van der Waals surface area contributed by atoms with Gasteiger partial charge in [-0.05, 0) is 41.8 Å². The van der Waals surface area contributed by atoms with Gasteiger partial charge < -0.3 is 20.3 Å². The number of benzene rings is 3. The highest BCUT2D eigenvalue weighted by Gasteiger charge is 2.34. The van der Waals surface area contributed by atoms with E-state index in [-0.39, 0.29) is 48.2 Å². The third-order valence-corrected chi connectivity index (χ3v) is 7.24. The first-order valence-corrected chi connectivity index (χ1v) is 13.3. The maximum Gasteiger partial charge on any atom is 0.573 e. The second-order valence-electron chi connectivity index (χ2n) is 9.72. The van der Waals surface area contributed by atoms with Crippen LogP contribution in [0.2, 0.25) is 5.02 Å². The van der Waals surface area contributed by atoms with E-state index < -0.39 is 6.36 Å². The van der Waals surface area contributed by atoms with E-state index in [1.165, 1.54) is 25.1 Å². The number of ether oxygens (including phenoxy) is 1. The van der Waals surface area contributed by atoms with E-state index in [9.17, 15) is 22.8 Å². The fourth-order valence-corrected chi connectivity index (χ4v) is 5.23. The van der Waals surface area contributed by atoms with Gasteiger partial charge in [0.15, 0.2) is 0 Å². The summed E-state index contributed by atoms with van der Waals surface area (Å²) in [6, 6.07) is 20.5. The van der Waals surface area contributed by atoms with Crippen molar-refractivity contribution in [1.29, 1.82) is 5.26 Å². The van der Waals surface area contributed by atoms with Gasteiger partial charge in [-0.3, -0.25) is 9.59 Å². The Morgan fingerprint density at radius 2 is 1.88 bits per heavy atom. The van der Waals surface area contributed by atoms with Gasteiger partial charge in [-0.2, -0.15) is 5.26 Å². The summed E-state index contributed by atoms with van der Waals surface area (Å²) in [7, 11) is 0. The molecule has 2 amide bonds. The molecule has 2 atom stereocenters. The van der Waals surface area contributed by atoms with Gasteiger partial charge in [-0.15, -0.1) is 13.2 Å². The molecule has 4 rings (SSSR count). The van der Waals surface area contributed by atoms with Crippen LogP contribution in [-0.4, -0.2) is 48.8 Å². The van der Waals surface area contributed by atoms with Gasteiger partial charge in [0.2, 0.25) is 11.8 Å². The monoisotopic (exact) mass is 584 g/mol. The molecule has 3 aromatic carbocycles. The maximum atomic E-state index is 13.2. The molecule has 41 heavy (non-hydrogen) atoms. The molecule has 2 unspecified atom stereocenters. The number of halogens is 4. The summed E-state index contributed by atoms with van der Waals surface area (Å²) in [4.78, 5) is 25.7. The fraction of sp³-hybridized carbons (Fsp3) is 0.300. The number of nitrogens with one attached hydrogen (secondary N) is 2. The molecule has 2 N–H and O–H groups in total. The number of nitriles is 1. The maximum absolute atomic E-state index is 13.2. The van der Waals surface area contributed by atoms with E-state index in [2.05, 4.69) is 15.4 Å². The molecule has 11 heteroatoms. The van der Waals surface area contributed by atoms with Gasteiger partial charge in [-0.25, -0.2) is 0 Å². The molecule has 1 fully saturated rings. The number of carbonyl (C=O) groups is 2. The summed E-state index contributed by atoms with van der Waals surface area (Å²) < 4.78 is 44.1. The van der Waals surface area contributed by atoms with Crippen molar-refractivity contribution in [2.75, 3.05) is 19.6 Å². The molecule has 1 heterocycles. The summed E-state index contributed by atoms with van der Waals surface area (Å²) in [6.07, 6.45) is -4.34. The average Bonchev–Trinajstić information content (AvgIpc) is 2.95. The molecule has 0 bridgehead atoms. The van der Waals surface area contributed by atoms with Crippen molar-refractivity contribution < 1.29 is 27.5 Å². The van der Waals surface area contributed by atoms with Crippen LogP contribution in [0.25, 0.3) is 11.1 Å². The van der Waals surface area contributed by atoms with E-state index in [0.29, 0.717) is 41.2 Å². The number of alkyl halides is 3. The number of likely N-dealkylation sites (tertiary alicyclic amines) is 1. The third kappa shape index (κ3) is 7.99. The lowest BCUT2D eigenvalue weighted by atomic mass is 9.85. The zero-order chi connectivity index (χ0) is 29.6. The Morgan fingerprint density at radius 1 is 1.12 bits per heavy atom. The van der Waals surface area contributed by atoms with E-state index in [1.54, 1.807) is 23.1 Å². The first-order valence-electron chi connectivity index (χ1n) is 12.9. The van der Waals surface area contributed by atoms with E-state index >= 15 is 0 Å². The topological polar surface area (TPSA) is 94.5 Å². The van der Waals surface area contributed by atoms with Crippen LogP contribution in [0.3, 0.4) is 0 Å². The zero-order valence-corrected chi connectivity index (χ0v) is 22.9. The van der Waals surface area contributed by atoms with Gasteiger partial charge in [0.1, 0.15) is 5.75 Å². The van der Waals surface area contributed by atoms with E-state index in [4.69, 9.17) is 16.9 Å². The molecule has 3 aromatic rings.